The van der Waals surface area contributed by atoms with Crippen LogP contribution in [-0.4, -0.2) is 30.5 Å². The first kappa shape index (κ1) is 14.6. The lowest BCUT2D eigenvalue weighted by atomic mass is 10.2. The number of carbonyl (C=O) groups is 1. The molecule has 0 saturated carbocycles. The van der Waals surface area contributed by atoms with Gasteiger partial charge in [-0.2, -0.15) is 4.98 Å². The van der Waals surface area contributed by atoms with Gasteiger partial charge in [-0.3, -0.25) is 4.79 Å². The highest BCUT2D eigenvalue weighted by molar-refractivity contribution is 7.11. The third-order valence-corrected chi connectivity index (χ3v) is 4.59. The van der Waals surface area contributed by atoms with E-state index in [0.717, 1.165) is 15.6 Å². The zero-order valence-electron chi connectivity index (χ0n) is 12.6. The lowest BCUT2D eigenvalue weighted by Gasteiger charge is -2.00. The Morgan fingerprint density at radius 1 is 1.41 bits per heavy atom. The van der Waals surface area contributed by atoms with Crippen LogP contribution >= 0.6 is 11.3 Å². The second-order valence-electron chi connectivity index (χ2n) is 5.20. The van der Waals surface area contributed by atoms with Gasteiger partial charge >= 0.3 is 0 Å². The maximum atomic E-state index is 12.1. The summed E-state index contributed by atoms with van der Waals surface area (Å²) < 4.78 is 1.48. The quantitative estimate of drug-likeness (QED) is 0.795. The maximum absolute atomic E-state index is 12.1. The molecule has 3 aromatic rings. The molecule has 0 atom stereocenters. The first-order valence-electron chi connectivity index (χ1n) is 6.96. The van der Waals surface area contributed by atoms with E-state index in [1.165, 1.54) is 4.52 Å². The highest BCUT2D eigenvalue weighted by Crippen LogP contribution is 2.24. The number of aromatic nitrogens is 5. The molecule has 7 nitrogen and oxygen atoms in total. The van der Waals surface area contributed by atoms with E-state index in [1.54, 1.807) is 29.8 Å². The average molecular weight is 316 g/mol. The van der Waals surface area contributed by atoms with Crippen LogP contribution in [0.15, 0.2) is 18.5 Å². The van der Waals surface area contributed by atoms with Gasteiger partial charge in [0, 0.05) is 23.2 Å². The van der Waals surface area contributed by atoms with Crippen LogP contribution in [0.1, 0.15) is 46.0 Å². The van der Waals surface area contributed by atoms with Gasteiger partial charge in [-0.05, 0) is 13.0 Å². The molecule has 0 radical (unpaired) electrons. The number of nitrogens with one attached hydrogen (secondary N) is 1. The summed E-state index contributed by atoms with van der Waals surface area (Å²) in [6.07, 6.45) is 3.31. The molecule has 8 heteroatoms. The number of fused-ring (bicyclic) bond motifs is 1. The minimum absolute atomic E-state index is 0.116. The molecule has 0 aliphatic carbocycles. The Bertz CT molecular complexity index is 789. The number of rotatable bonds is 4. The largest absolute Gasteiger partial charge is 0.344 e. The normalized spacial score (nSPS) is 11.3. The van der Waals surface area contributed by atoms with Crippen molar-refractivity contribution in [3.05, 3.63) is 39.9 Å². The van der Waals surface area contributed by atoms with Gasteiger partial charge in [-0.15, -0.1) is 16.4 Å². The maximum Gasteiger partial charge on any atom is 0.291 e. The molecule has 3 heterocycles. The minimum Gasteiger partial charge on any atom is -0.344 e. The van der Waals surface area contributed by atoms with Crippen LogP contribution in [0.4, 0.5) is 0 Å². The molecule has 0 spiro atoms. The summed E-state index contributed by atoms with van der Waals surface area (Å²) in [6, 6.07) is 1.73. The fourth-order valence-corrected chi connectivity index (χ4v) is 2.94. The fourth-order valence-electron chi connectivity index (χ4n) is 1.93. The molecule has 114 valence electrons. The van der Waals surface area contributed by atoms with Crippen LogP contribution in [0.2, 0.25) is 0 Å². The van der Waals surface area contributed by atoms with E-state index in [-0.39, 0.29) is 11.7 Å². The van der Waals surface area contributed by atoms with Crippen molar-refractivity contribution in [2.75, 3.05) is 0 Å². The van der Waals surface area contributed by atoms with Gasteiger partial charge in [0.2, 0.25) is 5.82 Å². The van der Waals surface area contributed by atoms with Crippen LogP contribution in [0.25, 0.3) is 5.78 Å². The predicted octanol–water partition coefficient (Wildman–Crippen LogP) is 1.94. The monoisotopic (exact) mass is 316 g/mol. The van der Waals surface area contributed by atoms with Crippen molar-refractivity contribution in [3.63, 3.8) is 0 Å². The van der Waals surface area contributed by atoms with Crippen molar-refractivity contribution in [3.8, 4) is 0 Å². The second kappa shape index (κ2) is 5.80. The zero-order valence-corrected chi connectivity index (χ0v) is 13.4. The average Bonchev–Trinajstić information content (AvgIpc) is 3.08. The molecule has 1 amide bonds. The van der Waals surface area contributed by atoms with Crippen LogP contribution in [0, 0.1) is 6.92 Å². The first-order valence-corrected chi connectivity index (χ1v) is 7.78. The summed E-state index contributed by atoms with van der Waals surface area (Å²) in [5, 5.41) is 8.01. The van der Waals surface area contributed by atoms with Crippen molar-refractivity contribution in [2.45, 2.75) is 33.2 Å². The van der Waals surface area contributed by atoms with Gasteiger partial charge in [-0.25, -0.2) is 14.5 Å². The Kier molecular flexibility index (Phi) is 3.84. The molecule has 3 rings (SSSR count). The Balaban J connectivity index is 1.72. The van der Waals surface area contributed by atoms with E-state index in [4.69, 9.17) is 0 Å². The fraction of sp³-hybridized carbons (Fsp3) is 0.357. The van der Waals surface area contributed by atoms with Gasteiger partial charge in [0.05, 0.1) is 17.2 Å². The van der Waals surface area contributed by atoms with E-state index in [1.807, 2.05) is 6.92 Å². The Hall–Kier alpha value is -2.35. The van der Waals surface area contributed by atoms with Crippen LogP contribution < -0.4 is 5.32 Å². The first-order chi connectivity index (χ1) is 10.5. The van der Waals surface area contributed by atoms with E-state index < -0.39 is 0 Å². The molecule has 1 N–H and O–H groups in total. The molecule has 0 bridgehead atoms. The van der Waals surface area contributed by atoms with Crippen molar-refractivity contribution in [1.29, 1.82) is 0 Å². The topological polar surface area (TPSA) is 85.1 Å². The van der Waals surface area contributed by atoms with Crippen LogP contribution in [0.3, 0.4) is 0 Å². The number of nitrogens with zero attached hydrogens (tertiary/aromatic N) is 5. The van der Waals surface area contributed by atoms with E-state index >= 15 is 0 Å². The molecular formula is C14H16N6OS. The Morgan fingerprint density at radius 2 is 2.23 bits per heavy atom. The second-order valence-corrected chi connectivity index (χ2v) is 6.31. The van der Waals surface area contributed by atoms with Gasteiger partial charge in [0.1, 0.15) is 0 Å². The van der Waals surface area contributed by atoms with Gasteiger partial charge in [0.15, 0.2) is 0 Å². The highest BCUT2D eigenvalue weighted by atomic mass is 32.1. The molecule has 0 aliphatic rings. The third kappa shape index (κ3) is 2.82. The molecule has 0 aliphatic heterocycles. The minimum atomic E-state index is -0.315. The predicted molar refractivity (Wildman–Crippen MR) is 82.9 cm³/mol. The summed E-state index contributed by atoms with van der Waals surface area (Å²) >= 11 is 1.63. The number of amides is 1. The SMILES string of the molecule is Cc1nc(C(C)C)sc1CNC(=O)c1nc2ncccn2n1. The Morgan fingerprint density at radius 3 is 2.91 bits per heavy atom. The smallest absolute Gasteiger partial charge is 0.291 e. The number of carbonyl (C=O) groups excluding carboxylic acids is 1. The standard InChI is InChI=1S/C14H16N6OS/c1-8(2)13-17-9(3)10(22-13)7-16-12(21)11-18-14-15-5-4-6-20(14)19-11/h4-6,8H,7H2,1-3H3,(H,16,21). The summed E-state index contributed by atoms with van der Waals surface area (Å²) in [7, 11) is 0. The van der Waals surface area contributed by atoms with Crippen molar-refractivity contribution in [1.82, 2.24) is 29.9 Å². The molecule has 0 saturated heterocycles. The highest BCUT2D eigenvalue weighted by Gasteiger charge is 2.15. The lowest BCUT2D eigenvalue weighted by molar-refractivity contribution is 0.0941. The van der Waals surface area contributed by atoms with Gasteiger partial charge in [-0.1, -0.05) is 13.8 Å². The molecule has 3 aromatic heterocycles. The molecular weight excluding hydrogens is 300 g/mol. The van der Waals surface area contributed by atoms with Crippen molar-refractivity contribution in [2.24, 2.45) is 0 Å². The van der Waals surface area contributed by atoms with Gasteiger partial charge < -0.3 is 5.32 Å². The van der Waals surface area contributed by atoms with Crippen LogP contribution in [-0.2, 0) is 6.54 Å². The van der Waals surface area contributed by atoms with Crippen molar-refractivity contribution >= 4 is 23.0 Å². The van der Waals surface area contributed by atoms with E-state index in [2.05, 4.69) is 39.2 Å². The third-order valence-electron chi connectivity index (χ3n) is 3.13. The number of hydrogen-bond acceptors (Lipinski definition) is 6. The Labute approximate surface area is 131 Å². The molecule has 0 aromatic carbocycles. The van der Waals surface area contributed by atoms with E-state index in [0.29, 0.717) is 18.2 Å². The van der Waals surface area contributed by atoms with E-state index in [9.17, 15) is 4.79 Å². The van der Waals surface area contributed by atoms with Crippen LogP contribution in [0.5, 0.6) is 0 Å². The molecule has 22 heavy (non-hydrogen) atoms. The number of aryl methyl sites for hydroxylation is 1. The molecule has 0 unspecified atom stereocenters. The van der Waals surface area contributed by atoms with Crippen molar-refractivity contribution < 1.29 is 4.79 Å². The number of hydrogen-bond donors (Lipinski definition) is 1. The summed E-state index contributed by atoms with van der Waals surface area (Å²) in [5.74, 6) is 0.595. The molecule has 0 fully saturated rings. The summed E-state index contributed by atoms with van der Waals surface area (Å²) in [5.41, 5.74) is 0.957. The summed E-state index contributed by atoms with van der Waals surface area (Å²) in [4.78, 5) is 25.9. The summed E-state index contributed by atoms with van der Waals surface area (Å²) in [6.45, 7) is 6.59. The number of thiazole rings is 1. The lowest BCUT2D eigenvalue weighted by Crippen LogP contribution is -2.24. The zero-order chi connectivity index (χ0) is 15.7. The van der Waals surface area contributed by atoms with Gasteiger partial charge in [0.25, 0.3) is 11.7 Å².